The molecular weight excluding hydrogens is 339 g/mol. The molecule has 0 fully saturated rings. The molecule has 3 aromatic rings. The van der Waals surface area contributed by atoms with Gasteiger partial charge in [0.2, 0.25) is 0 Å². The molecule has 0 saturated carbocycles. The van der Waals surface area contributed by atoms with Crippen molar-refractivity contribution in [2.24, 2.45) is 0 Å². The zero-order chi connectivity index (χ0) is 18.2. The molecule has 0 aliphatic heterocycles. The number of nitrogens with zero attached hydrogens (tertiary/aromatic N) is 2. The van der Waals surface area contributed by atoms with Crippen molar-refractivity contribution in [3.05, 3.63) is 58.0 Å². The topological polar surface area (TPSA) is 76.5 Å². The van der Waals surface area contributed by atoms with Crippen LogP contribution < -0.4 is 5.56 Å². The summed E-state index contributed by atoms with van der Waals surface area (Å²) in [5, 5.41) is 2.60. The maximum Gasteiger partial charge on any atom is 0.416 e. The standard InChI is InChI=1S/C16H12F3N3O3/c1-2-25-15(24)11-8-20-22-13(23)7-12(21-14(11)22)9-3-5-10(6-4-9)16(17,18)19/h3-8,20H,2H2,1H3. The lowest BCUT2D eigenvalue weighted by atomic mass is 10.1. The first-order chi connectivity index (χ1) is 11.8. The van der Waals surface area contributed by atoms with E-state index < -0.39 is 23.3 Å². The third-order valence-corrected chi connectivity index (χ3v) is 3.50. The number of hydrogen-bond acceptors (Lipinski definition) is 4. The number of benzene rings is 1. The molecule has 0 aliphatic carbocycles. The maximum absolute atomic E-state index is 12.6. The normalized spacial score (nSPS) is 11.7. The summed E-state index contributed by atoms with van der Waals surface area (Å²) in [6, 6.07) is 5.42. The van der Waals surface area contributed by atoms with E-state index in [-0.39, 0.29) is 23.5 Å². The van der Waals surface area contributed by atoms with E-state index in [4.69, 9.17) is 4.74 Å². The van der Waals surface area contributed by atoms with Gasteiger partial charge in [-0.05, 0) is 19.1 Å². The molecule has 0 unspecified atom stereocenters. The lowest BCUT2D eigenvalue weighted by Crippen LogP contribution is -2.15. The summed E-state index contributed by atoms with van der Waals surface area (Å²) in [5.41, 5.74) is -0.723. The van der Waals surface area contributed by atoms with Gasteiger partial charge in [0.15, 0.2) is 5.65 Å². The van der Waals surface area contributed by atoms with Crippen LogP contribution in [0.5, 0.6) is 0 Å². The zero-order valence-corrected chi connectivity index (χ0v) is 12.9. The van der Waals surface area contributed by atoms with Crippen LogP contribution in [-0.2, 0) is 10.9 Å². The Kier molecular flexibility index (Phi) is 4.07. The van der Waals surface area contributed by atoms with E-state index in [0.29, 0.717) is 5.56 Å². The Morgan fingerprint density at radius 1 is 1.28 bits per heavy atom. The van der Waals surface area contributed by atoms with E-state index in [0.717, 1.165) is 16.6 Å². The van der Waals surface area contributed by atoms with Gasteiger partial charge in [-0.15, -0.1) is 0 Å². The van der Waals surface area contributed by atoms with Crippen LogP contribution in [-0.4, -0.2) is 27.2 Å². The lowest BCUT2D eigenvalue weighted by molar-refractivity contribution is -0.137. The van der Waals surface area contributed by atoms with Crippen LogP contribution in [0.25, 0.3) is 16.9 Å². The van der Waals surface area contributed by atoms with Crippen molar-refractivity contribution in [3.8, 4) is 11.3 Å². The summed E-state index contributed by atoms with van der Waals surface area (Å²) in [6.45, 7) is 1.79. The Morgan fingerprint density at radius 3 is 2.56 bits per heavy atom. The molecule has 2 heterocycles. The number of alkyl halides is 3. The number of H-pyrrole nitrogens is 1. The van der Waals surface area contributed by atoms with Crippen LogP contribution in [0.2, 0.25) is 0 Å². The Balaban J connectivity index is 2.10. The fourth-order valence-corrected chi connectivity index (χ4v) is 2.32. The first-order valence-electron chi connectivity index (χ1n) is 7.27. The van der Waals surface area contributed by atoms with Crippen LogP contribution in [0, 0.1) is 0 Å². The second-order valence-electron chi connectivity index (χ2n) is 5.12. The minimum absolute atomic E-state index is 0.0425. The summed E-state index contributed by atoms with van der Waals surface area (Å²) in [6.07, 6.45) is -3.16. The average molecular weight is 351 g/mol. The van der Waals surface area contributed by atoms with Gasteiger partial charge in [0, 0.05) is 17.8 Å². The molecule has 130 valence electrons. The molecule has 0 aliphatic rings. The molecule has 25 heavy (non-hydrogen) atoms. The Hall–Kier alpha value is -3.10. The van der Waals surface area contributed by atoms with Gasteiger partial charge < -0.3 is 4.74 Å². The van der Waals surface area contributed by atoms with E-state index in [1.165, 1.54) is 24.4 Å². The number of aromatic nitrogens is 3. The summed E-state index contributed by atoms with van der Waals surface area (Å²) >= 11 is 0. The van der Waals surface area contributed by atoms with Gasteiger partial charge in [-0.3, -0.25) is 9.89 Å². The van der Waals surface area contributed by atoms with Crippen LogP contribution in [0.4, 0.5) is 13.2 Å². The largest absolute Gasteiger partial charge is 0.462 e. The van der Waals surface area contributed by atoms with Crippen molar-refractivity contribution in [2.45, 2.75) is 13.1 Å². The van der Waals surface area contributed by atoms with Crippen LogP contribution in [0.1, 0.15) is 22.8 Å². The number of carbonyl (C=O) groups excluding carboxylic acids is 1. The molecule has 0 atom stereocenters. The predicted octanol–water partition coefficient (Wildman–Crippen LogP) is 2.89. The molecule has 6 nitrogen and oxygen atoms in total. The van der Waals surface area contributed by atoms with Crippen molar-refractivity contribution in [3.63, 3.8) is 0 Å². The van der Waals surface area contributed by atoms with Gasteiger partial charge in [-0.2, -0.15) is 13.2 Å². The number of hydrogen-bond donors (Lipinski definition) is 1. The van der Waals surface area contributed by atoms with E-state index in [9.17, 15) is 22.8 Å². The number of halogens is 3. The number of fused-ring (bicyclic) bond motifs is 1. The van der Waals surface area contributed by atoms with E-state index >= 15 is 0 Å². The SMILES string of the molecule is CCOC(=O)c1c[nH]n2c(=O)cc(-c3ccc(C(F)(F)F)cc3)nc12. The fraction of sp³-hybridized carbons (Fsp3) is 0.188. The average Bonchev–Trinajstić information content (AvgIpc) is 2.99. The summed E-state index contributed by atoms with van der Waals surface area (Å²) in [7, 11) is 0. The molecule has 1 N–H and O–H groups in total. The first kappa shape index (κ1) is 16.7. The molecular formula is C16H12F3N3O3. The third-order valence-electron chi connectivity index (χ3n) is 3.50. The highest BCUT2D eigenvalue weighted by Gasteiger charge is 2.30. The number of carbonyl (C=O) groups is 1. The summed E-state index contributed by atoms with van der Waals surface area (Å²) in [4.78, 5) is 28.3. The molecule has 0 bridgehead atoms. The molecule has 9 heteroatoms. The van der Waals surface area contributed by atoms with Crippen molar-refractivity contribution in [1.29, 1.82) is 0 Å². The molecule has 0 saturated heterocycles. The quantitative estimate of drug-likeness (QED) is 0.736. The molecule has 0 amide bonds. The second kappa shape index (κ2) is 6.08. The molecule has 0 spiro atoms. The Labute approximate surface area is 138 Å². The van der Waals surface area contributed by atoms with Crippen LogP contribution in [0.15, 0.2) is 41.3 Å². The van der Waals surface area contributed by atoms with E-state index in [1.807, 2.05) is 0 Å². The van der Waals surface area contributed by atoms with Crippen LogP contribution >= 0.6 is 0 Å². The van der Waals surface area contributed by atoms with Gasteiger partial charge in [-0.25, -0.2) is 14.3 Å². The molecule has 1 aromatic carbocycles. The smallest absolute Gasteiger partial charge is 0.416 e. The monoisotopic (exact) mass is 351 g/mol. The number of aromatic amines is 1. The van der Waals surface area contributed by atoms with Crippen molar-refractivity contribution >= 4 is 11.6 Å². The van der Waals surface area contributed by atoms with Crippen LogP contribution in [0.3, 0.4) is 0 Å². The van der Waals surface area contributed by atoms with E-state index in [2.05, 4.69) is 10.1 Å². The number of nitrogens with one attached hydrogen (secondary N) is 1. The van der Waals surface area contributed by atoms with E-state index in [1.54, 1.807) is 6.92 Å². The maximum atomic E-state index is 12.6. The lowest BCUT2D eigenvalue weighted by Gasteiger charge is -2.07. The van der Waals surface area contributed by atoms with Gasteiger partial charge in [0.1, 0.15) is 5.56 Å². The Bertz CT molecular complexity index is 988. The number of rotatable bonds is 3. The van der Waals surface area contributed by atoms with Crippen molar-refractivity contribution in [1.82, 2.24) is 14.6 Å². The van der Waals surface area contributed by atoms with Gasteiger partial charge in [0.05, 0.1) is 17.9 Å². The highest BCUT2D eigenvalue weighted by Crippen LogP contribution is 2.30. The summed E-state index contributed by atoms with van der Waals surface area (Å²) < 4.78 is 43.9. The Morgan fingerprint density at radius 2 is 1.96 bits per heavy atom. The van der Waals surface area contributed by atoms with Crippen molar-refractivity contribution < 1.29 is 22.7 Å². The molecule has 3 rings (SSSR count). The van der Waals surface area contributed by atoms with Crippen molar-refractivity contribution in [2.75, 3.05) is 6.61 Å². The minimum atomic E-state index is -4.45. The third kappa shape index (κ3) is 3.12. The minimum Gasteiger partial charge on any atom is -0.462 e. The van der Waals surface area contributed by atoms with Gasteiger partial charge >= 0.3 is 12.1 Å². The fourth-order valence-electron chi connectivity index (χ4n) is 2.32. The highest BCUT2D eigenvalue weighted by atomic mass is 19.4. The second-order valence-corrected chi connectivity index (χ2v) is 5.12. The first-order valence-corrected chi connectivity index (χ1v) is 7.27. The number of esters is 1. The van der Waals surface area contributed by atoms with Gasteiger partial charge in [-0.1, -0.05) is 12.1 Å². The predicted molar refractivity (Wildman–Crippen MR) is 82.2 cm³/mol. The zero-order valence-electron chi connectivity index (χ0n) is 12.9. The van der Waals surface area contributed by atoms with Gasteiger partial charge in [0.25, 0.3) is 5.56 Å². The molecule has 2 aromatic heterocycles. The number of ether oxygens (including phenoxy) is 1. The molecule has 0 radical (unpaired) electrons. The summed E-state index contributed by atoms with van der Waals surface area (Å²) in [5.74, 6) is -0.655. The highest BCUT2D eigenvalue weighted by molar-refractivity contribution is 5.95.